The van der Waals surface area contributed by atoms with Crippen LogP contribution in [-0.2, 0) is 11.2 Å². The third-order valence-electron chi connectivity index (χ3n) is 6.42. The van der Waals surface area contributed by atoms with Crippen molar-refractivity contribution >= 4 is 33.8 Å². The molecule has 0 aliphatic carbocycles. The molecule has 9 heteroatoms. The van der Waals surface area contributed by atoms with Crippen LogP contribution in [0.4, 0.5) is 0 Å². The standard InChI is InChI=1S/C26H24ClN3O4S/c27-19-6-3-17(4-7-19)22-14-30-20(15-35-26(30)28-22)9-10-29(13-21-2-1-11-32-21)25(31)18-5-8-23-24(12-18)34-16-33-23/h3-8,12,14-15,21H,1-2,9-11,13,16H2. The number of benzene rings is 2. The predicted molar refractivity (Wildman–Crippen MR) is 135 cm³/mol. The Morgan fingerprint density at radius 2 is 2.03 bits per heavy atom. The van der Waals surface area contributed by atoms with Crippen LogP contribution >= 0.6 is 22.9 Å². The minimum atomic E-state index is -0.0299. The third-order valence-corrected chi connectivity index (χ3v) is 7.56. The molecule has 0 N–H and O–H groups in total. The highest BCUT2D eigenvalue weighted by Gasteiger charge is 2.25. The van der Waals surface area contributed by atoms with Gasteiger partial charge in [-0.3, -0.25) is 9.20 Å². The quantitative estimate of drug-likeness (QED) is 0.338. The Kier molecular flexibility index (Phi) is 6.10. The summed E-state index contributed by atoms with van der Waals surface area (Å²) < 4.78 is 18.8. The Bertz CT molecular complexity index is 1360. The van der Waals surface area contributed by atoms with Gasteiger partial charge in [-0.1, -0.05) is 23.7 Å². The number of imidazole rings is 1. The number of hydrogen-bond donors (Lipinski definition) is 0. The van der Waals surface area contributed by atoms with Crippen LogP contribution in [0.5, 0.6) is 11.5 Å². The third kappa shape index (κ3) is 4.61. The SMILES string of the molecule is O=C(c1ccc2c(c1)OCO2)N(CCc1csc2nc(-c3ccc(Cl)cc3)cn12)CC1CCCO1. The summed E-state index contributed by atoms with van der Waals surface area (Å²) in [6, 6.07) is 13.1. The molecular formula is C26H24ClN3O4S. The van der Waals surface area contributed by atoms with Crippen LogP contribution in [-0.4, -0.2) is 52.8 Å². The first-order valence-corrected chi connectivity index (χ1v) is 12.9. The fraction of sp³-hybridized carbons (Fsp3) is 0.308. The molecule has 1 amide bonds. The molecule has 1 atom stereocenters. The lowest BCUT2D eigenvalue weighted by molar-refractivity contribution is 0.0528. The summed E-state index contributed by atoms with van der Waals surface area (Å²) in [6.07, 6.45) is 4.83. The van der Waals surface area contributed by atoms with Gasteiger partial charge < -0.3 is 19.1 Å². The van der Waals surface area contributed by atoms with Crippen molar-refractivity contribution in [1.82, 2.24) is 14.3 Å². The number of ether oxygens (including phenoxy) is 3. The molecular weight excluding hydrogens is 486 g/mol. The van der Waals surface area contributed by atoms with Crippen molar-refractivity contribution in [2.45, 2.75) is 25.4 Å². The van der Waals surface area contributed by atoms with Gasteiger partial charge in [0.2, 0.25) is 6.79 Å². The van der Waals surface area contributed by atoms with Crippen molar-refractivity contribution in [1.29, 1.82) is 0 Å². The molecule has 2 aliphatic rings. The fourth-order valence-electron chi connectivity index (χ4n) is 4.54. The smallest absolute Gasteiger partial charge is 0.254 e. The summed E-state index contributed by atoms with van der Waals surface area (Å²) in [7, 11) is 0. The number of nitrogens with zero attached hydrogens (tertiary/aromatic N) is 3. The second-order valence-electron chi connectivity index (χ2n) is 8.72. The zero-order chi connectivity index (χ0) is 23.8. The topological polar surface area (TPSA) is 65.3 Å². The maximum absolute atomic E-state index is 13.5. The number of thiazole rings is 1. The van der Waals surface area contributed by atoms with Gasteiger partial charge in [-0.2, -0.15) is 0 Å². The van der Waals surface area contributed by atoms with E-state index in [1.165, 1.54) is 0 Å². The first-order chi connectivity index (χ1) is 17.1. The van der Waals surface area contributed by atoms with Crippen LogP contribution in [0.25, 0.3) is 16.2 Å². The van der Waals surface area contributed by atoms with Crippen LogP contribution in [0.1, 0.15) is 28.9 Å². The minimum absolute atomic E-state index is 0.0299. The molecule has 0 spiro atoms. The number of carbonyl (C=O) groups excluding carboxylic acids is 1. The van der Waals surface area contributed by atoms with Gasteiger partial charge in [0.15, 0.2) is 16.5 Å². The average Bonchev–Trinajstić information content (AvgIpc) is 3.67. The number of aromatic nitrogens is 2. The highest BCUT2D eigenvalue weighted by atomic mass is 35.5. The molecule has 1 unspecified atom stereocenters. The Morgan fingerprint density at radius 1 is 1.17 bits per heavy atom. The highest BCUT2D eigenvalue weighted by molar-refractivity contribution is 7.15. The summed E-state index contributed by atoms with van der Waals surface area (Å²) in [6.45, 7) is 2.09. The fourth-order valence-corrected chi connectivity index (χ4v) is 5.57. The first-order valence-electron chi connectivity index (χ1n) is 11.7. The second kappa shape index (κ2) is 9.53. The number of amides is 1. The van der Waals surface area contributed by atoms with Gasteiger partial charge in [-0.25, -0.2) is 4.98 Å². The maximum atomic E-state index is 13.5. The zero-order valence-corrected chi connectivity index (χ0v) is 20.6. The molecule has 2 aromatic heterocycles. The van der Waals surface area contributed by atoms with Crippen molar-refractivity contribution in [3.63, 3.8) is 0 Å². The van der Waals surface area contributed by atoms with Crippen molar-refractivity contribution < 1.29 is 19.0 Å². The van der Waals surface area contributed by atoms with Gasteiger partial charge >= 0.3 is 0 Å². The van der Waals surface area contributed by atoms with Crippen LogP contribution in [0, 0.1) is 0 Å². The van der Waals surface area contributed by atoms with E-state index in [0.29, 0.717) is 41.6 Å². The van der Waals surface area contributed by atoms with E-state index in [1.54, 1.807) is 29.5 Å². The lowest BCUT2D eigenvalue weighted by atomic mass is 10.1. The van der Waals surface area contributed by atoms with Gasteiger partial charge in [0.05, 0.1) is 11.8 Å². The summed E-state index contributed by atoms with van der Waals surface area (Å²) in [5.41, 5.74) is 3.64. The molecule has 6 rings (SSSR count). The van der Waals surface area contributed by atoms with E-state index in [2.05, 4.69) is 16.0 Å². The van der Waals surface area contributed by atoms with Crippen molar-refractivity contribution in [3.8, 4) is 22.8 Å². The van der Waals surface area contributed by atoms with Crippen LogP contribution in [0.15, 0.2) is 54.0 Å². The molecule has 4 aromatic rings. The summed E-state index contributed by atoms with van der Waals surface area (Å²) in [5, 5.41) is 2.82. The monoisotopic (exact) mass is 509 g/mol. The molecule has 180 valence electrons. The summed E-state index contributed by atoms with van der Waals surface area (Å²) in [4.78, 5) is 21.1. The van der Waals surface area contributed by atoms with E-state index < -0.39 is 0 Å². The Hall–Kier alpha value is -3.07. The lowest BCUT2D eigenvalue weighted by Crippen LogP contribution is -2.38. The molecule has 2 aliphatic heterocycles. The molecule has 0 radical (unpaired) electrons. The molecule has 0 bridgehead atoms. The minimum Gasteiger partial charge on any atom is -0.454 e. The maximum Gasteiger partial charge on any atom is 0.254 e. The van der Waals surface area contributed by atoms with Gasteiger partial charge in [-0.05, 0) is 43.2 Å². The van der Waals surface area contributed by atoms with Crippen LogP contribution in [0.2, 0.25) is 5.02 Å². The number of carbonyl (C=O) groups is 1. The van der Waals surface area contributed by atoms with Crippen molar-refractivity contribution in [3.05, 3.63) is 70.3 Å². The summed E-state index contributed by atoms with van der Waals surface area (Å²) >= 11 is 7.64. The number of hydrogen-bond acceptors (Lipinski definition) is 6. The normalized spacial score (nSPS) is 16.8. The lowest BCUT2D eigenvalue weighted by Gasteiger charge is -2.25. The summed E-state index contributed by atoms with van der Waals surface area (Å²) in [5.74, 6) is 1.25. The Balaban J connectivity index is 1.22. The average molecular weight is 510 g/mol. The second-order valence-corrected chi connectivity index (χ2v) is 9.99. The van der Waals surface area contributed by atoms with Crippen LogP contribution < -0.4 is 9.47 Å². The Morgan fingerprint density at radius 3 is 2.86 bits per heavy atom. The van der Waals surface area contributed by atoms with Crippen LogP contribution in [0.3, 0.4) is 0 Å². The van der Waals surface area contributed by atoms with Gasteiger partial charge in [-0.15, -0.1) is 11.3 Å². The van der Waals surface area contributed by atoms with E-state index in [4.69, 9.17) is 30.8 Å². The Labute approximate surface area is 211 Å². The van der Waals surface area contributed by atoms with Crippen molar-refractivity contribution in [2.75, 3.05) is 26.5 Å². The van der Waals surface area contributed by atoms with E-state index in [0.717, 1.165) is 41.4 Å². The molecule has 35 heavy (non-hydrogen) atoms. The van der Waals surface area contributed by atoms with Gasteiger partial charge in [0.1, 0.15) is 0 Å². The molecule has 0 saturated carbocycles. The number of fused-ring (bicyclic) bond motifs is 2. The molecule has 4 heterocycles. The van der Waals surface area contributed by atoms with Gasteiger partial charge in [0.25, 0.3) is 5.91 Å². The predicted octanol–water partition coefficient (Wildman–Crippen LogP) is 5.31. The zero-order valence-electron chi connectivity index (χ0n) is 19.0. The van der Waals surface area contributed by atoms with Gasteiger partial charge in [0, 0.05) is 59.5 Å². The molecule has 7 nitrogen and oxygen atoms in total. The largest absolute Gasteiger partial charge is 0.454 e. The first kappa shape index (κ1) is 22.4. The molecule has 2 aromatic carbocycles. The van der Waals surface area contributed by atoms with E-state index >= 15 is 0 Å². The number of rotatable bonds is 7. The van der Waals surface area contributed by atoms with E-state index in [1.807, 2.05) is 29.2 Å². The van der Waals surface area contributed by atoms with E-state index in [-0.39, 0.29) is 18.8 Å². The van der Waals surface area contributed by atoms with E-state index in [9.17, 15) is 4.79 Å². The molecule has 1 fully saturated rings. The highest BCUT2D eigenvalue weighted by Crippen LogP contribution is 2.33. The van der Waals surface area contributed by atoms with Crippen molar-refractivity contribution in [2.24, 2.45) is 0 Å². The number of halogens is 1. The molecule has 1 saturated heterocycles.